The third kappa shape index (κ3) is 7.86. The fraction of sp³-hybridized carbons (Fsp3) is 0.333. The van der Waals surface area contributed by atoms with E-state index in [0.717, 1.165) is 32.8 Å². The predicted octanol–water partition coefficient (Wildman–Crippen LogP) is 1.19. The topological polar surface area (TPSA) is 87.1 Å². The van der Waals surface area contributed by atoms with Crippen molar-refractivity contribution in [3.05, 3.63) is 42.0 Å². The van der Waals surface area contributed by atoms with Crippen LogP contribution in [0.15, 0.2) is 36.4 Å². The van der Waals surface area contributed by atoms with E-state index in [0.29, 0.717) is 0 Å². The number of nitrogens with zero attached hydrogens (tertiary/aromatic N) is 1. The second kappa shape index (κ2) is 9.68. The highest BCUT2D eigenvalue weighted by atomic mass is 16.5. The molecular formula is C15H19NO5. The van der Waals surface area contributed by atoms with Gasteiger partial charge in [-0.3, -0.25) is 4.90 Å². The van der Waals surface area contributed by atoms with Gasteiger partial charge in [-0.1, -0.05) is 42.5 Å². The highest BCUT2D eigenvalue weighted by Gasteiger charge is 2.07. The lowest BCUT2D eigenvalue weighted by atomic mass is 10.2. The molecule has 0 saturated carbocycles. The Bertz CT molecular complexity index is 454. The van der Waals surface area contributed by atoms with E-state index in [1.54, 1.807) is 0 Å². The van der Waals surface area contributed by atoms with Crippen LogP contribution in [-0.4, -0.2) is 59.9 Å². The molecule has 0 radical (unpaired) electrons. The lowest BCUT2D eigenvalue weighted by Crippen LogP contribution is -2.36. The van der Waals surface area contributed by atoms with Crippen LogP contribution in [-0.2, 0) is 14.3 Å². The summed E-state index contributed by atoms with van der Waals surface area (Å²) in [5.41, 5.74) is 1.27. The average molecular weight is 293 g/mol. The molecule has 21 heavy (non-hydrogen) atoms. The Hall–Kier alpha value is -2.18. The maximum absolute atomic E-state index is 9.10. The van der Waals surface area contributed by atoms with Gasteiger partial charge in [0, 0.05) is 19.6 Å². The zero-order valence-electron chi connectivity index (χ0n) is 11.6. The molecule has 1 heterocycles. The quantitative estimate of drug-likeness (QED) is 0.814. The molecule has 2 N–H and O–H groups in total. The minimum atomic E-state index is -1.82. The first kappa shape index (κ1) is 16.9. The Labute approximate surface area is 123 Å². The van der Waals surface area contributed by atoms with Gasteiger partial charge in [-0.15, -0.1) is 0 Å². The van der Waals surface area contributed by atoms with Crippen LogP contribution < -0.4 is 0 Å². The smallest absolute Gasteiger partial charge is 0.414 e. The zero-order valence-corrected chi connectivity index (χ0v) is 11.6. The molecule has 0 aromatic heterocycles. The van der Waals surface area contributed by atoms with Crippen molar-refractivity contribution >= 4 is 18.0 Å². The highest BCUT2D eigenvalue weighted by Crippen LogP contribution is 2.02. The van der Waals surface area contributed by atoms with Gasteiger partial charge in [0.05, 0.1) is 13.2 Å². The minimum Gasteiger partial charge on any atom is -0.473 e. The first-order valence-electron chi connectivity index (χ1n) is 6.57. The van der Waals surface area contributed by atoms with Crippen molar-refractivity contribution in [1.82, 2.24) is 4.90 Å². The second-order valence-electron chi connectivity index (χ2n) is 4.34. The summed E-state index contributed by atoms with van der Waals surface area (Å²) >= 11 is 0. The van der Waals surface area contributed by atoms with Crippen LogP contribution >= 0.6 is 0 Å². The van der Waals surface area contributed by atoms with E-state index >= 15 is 0 Å². The Morgan fingerprint density at radius 3 is 2.19 bits per heavy atom. The largest absolute Gasteiger partial charge is 0.473 e. The first-order chi connectivity index (χ1) is 10.1. The van der Waals surface area contributed by atoms with Crippen molar-refractivity contribution in [2.45, 2.75) is 0 Å². The average Bonchev–Trinajstić information content (AvgIpc) is 2.50. The van der Waals surface area contributed by atoms with Gasteiger partial charge >= 0.3 is 11.9 Å². The van der Waals surface area contributed by atoms with Crippen molar-refractivity contribution in [2.24, 2.45) is 0 Å². The Balaban J connectivity index is 0.000000315. The SMILES string of the molecule is C(=C\c1ccccc1)/CN1CCOCC1.O=C(O)C(=O)O. The third-order valence-electron chi connectivity index (χ3n) is 2.76. The van der Waals surface area contributed by atoms with Crippen LogP contribution in [0.2, 0.25) is 0 Å². The van der Waals surface area contributed by atoms with Crippen molar-refractivity contribution in [3.63, 3.8) is 0 Å². The van der Waals surface area contributed by atoms with Crippen LogP contribution in [0, 0.1) is 0 Å². The van der Waals surface area contributed by atoms with Crippen molar-refractivity contribution in [3.8, 4) is 0 Å². The summed E-state index contributed by atoms with van der Waals surface area (Å²) in [6.07, 6.45) is 4.40. The molecule has 0 bridgehead atoms. The summed E-state index contributed by atoms with van der Waals surface area (Å²) in [5, 5.41) is 14.8. The third-order valence-corrected chi connectivity index (χ3v) is 2.76. The molecule has 6 nitrogen and oxygen atoms in total. The maximum atomic E-state index is 9.10. The number of rotatable bonds is 3. The normalized spacial score (nSPS) is 15.2. The van der Waals surface area contributed by atoms with Crippen molar-refractivity contribution in [1.29, 1.82) is 0 Å². The van der Waals surface area contributed by atoms with E-state index in [2.05, 4.69) is 41.3 Å². The molecule has 0 amide bonds. The number of aliphatic carboxylic acids is 2. The van der Waals surface area contributed by atoms with Crippen LogP contribution in [0.1, 0.15) is 5.56 Å². The summed E-state index contributed by atoms with van der Waals surface area (Å²) in [7, 11) is 0. The fourth-order valence-corrected chi connectivity index (χ4v) is 1.69. The monoisotopic (exact) mass is 293 g/mol. The number of carbonyl (C=O) groups is 2. The number of carboxylic acids is 2. The van der Waals surface area contributed by atoms with Gasteiger partial charge in [-0.05, 0) is 5.56 Å². The molecule has 1 fully saturated rings. The molecule has 6 heteroatoms. The van der Waals surface area contributed by atoms with Crippen LogP contribution in [0.4, 0.5) is 0 Å². The molecule has 0 spiro atoms. The molecule has 1 aliphatic heterocycles. The molecular weight excluding hydrogens is 274 g/mol. The van der Waals surface area contributed by atoms with Crippen molar-refractivity contribution in [2.75, 3.05) is 32.8 Å². The summed E-state index contributed by atoms with van der Waals surface area (Å²) in [4.78, 5) is 20.6. The van der Waals surface area contributed by atoms with Gasteiger partial charge in [0.25, 0.3) is 0 Å². The molecule has 1 aromatic rings. The van der Waals surface area contributed by atoms with Gasteiger partial charge < -0.3 is 14.9 Å². The molecule has 2 rings (SSSR count). The lowest BCUT2D eigenvalue weighted by Gasteiger charge is -2.25. The Morgan fingerprint density at radius 2 is 1.67 bits per heavy atom. The number of hydrogen-bond acceptors (Lipinski definition) is 4. The maximum Gasteiger partial charge on any atom is 0.414 e. The Morgan fingerprint density at radius 1 is 1.10 bits per heavy atom. The van der Waals surface area contributed by atoms with Gasteiger partial charge in [0.15, 0.2) is 0 Å². The van der Waals surface area contributed by atoms with E-state index in [1.165, 1.54) is 5.56 Å². The Kier molecular flexibility index (Phi) is 7.78. The van der Waals surface area contributed by atoms with E-state index in [1.807, 2.05) is 6.07 Å². The van der Waals surface area contributed by atoms with Gasteiger partial charge in [0.1, 0.15) is 0 Å². The zero-order chi connectivity index (χ0) is 15.5. The molecule has 114 valence electrons. The van der Waals surface area contributed by atoms with Gasteiger partial charge in [-0.25, -0.2) is 9.59 Å². The predicted molar refractivity (Wildman–Crippen MR) is 78.0 cm³/mol. The number of hydrogen-bond donors (Lipinski definition) is 2. The van der Waals surface area contributed by atoms with E-state index < -0.39 is 11.9 Å². The summed E-state index contributed by atoms with van der Waals surface area (Å²) in [6.45, 7) is 4.88. The van der Waals surface area contributed by atoms with E-state index in [-0.39, 0.29) is 0 Å². The van der Waals surface area contributed by atoms with E-state index in [9.17, 15) is 0 Å². The standard InChI is InChI=1S/C13H17NO.C2H2O4/c1-2-5-13(6-3-1)7-4-8-14-9-11-15-12-10-14;3-1(4)2(5)6/h1-7H,8-12H2;(H,3,4)(H,5,6)/b7-4+;. The summed E-state index contributed by atoms with van der Waals surface area (Å²) in [6, 6.07) is 10.4. The van der Waals surface area contributed by atoms with Crippen molar-refractivity contribution < 1.29 is 24.5 Å². The van der Waals surface area contributed by atoms with Gasteiger partial charge in [-0.2, -0.15) is 0 Å². The number of ether oxygens (including phenoxy) is 1. The van der Waals surface area contributed by atoms with E-state index in [4.69, 9.17) is 24.5 Å². The van der Waals surface area contributed by atoms with Crippen LogP contribution in [0.25, 0.3) is 6.08 Å². The number of morpholine rings is 1. The fourth-order valence-electron chi connectivity index (χ4n) is 1.69. The first-order valence-corrected chi connectivity index (χ1v) is 6.57. The molecule has 1 saturated heterocycles. The molecule has 0 aliphatic carbocycles. The molecule has 1 aliphatic rings. The van der Waals surface area contributed by atoms with Crippen LogP contribution in [0.3, 0.4) is 0 Å². The molecule has 0 unspecified atom stereocenters. The number of carboxylic acid groups (broad SMARTS) is 2. The summed E-state index contributed by atoms with van der Waals surface area (Å²) in [5.74, 6) is -3.65. The lowest BCUT2D eigenvalue weighted by molar-refractivity contribution is -0.159. The van der Waals surface area contributed by atoms with Gasteiger partial charge in [0.2, 0.25) is 0 Å². The molecule has 0 atom stereocenters. The summed E-state index contributed by atoms with van der Waals surface area (Å²) < 4.78 is 5.30. The highest BCUT2D eigenvalue weighted by molar-refractivity contribution is 6.27. The minimum absolute atomic E-state index is 0.874. The second-order valence-corrected chi connectivity index (χ2v) is 4.34. The number of benzene rings is 1. The van der Waals surface area contributed by atoms with Crippen LogP contribution in [0.5, 0.6) is 0 Å². The molecule has 1 aromatic carbocycles.